The second-order valence-corrected chi connectivity index (χ2v) is 3.89. The Bertz CT molecular complexity index is 455. The van der Waals surface area contributed by atoms with Gasteiger partial charge in [0, 0.05) is 6.42 Å². The van der Waals surface area contributed by atoms with E-state index in [0.29, 0.717) is 0 Å². The molecule has 0 aliphatic heterocycles. The van der Waals surface area contributed by atoms with E-state index in [1.165, 1.54) is 6.08 Å². The highest BCUT2D eigenvalue weighted by Gasteiger charge is 2.37. The number of rotatable bonds is 2. The van der Waals surface area contributed by atoms with Crippen LogP contribution in [0, 0.1) is 11.3 Å². The van der Waals surface area contributed by atoms with Crippen LogP contribution in [0.25, 0.3) is 0 Å². The molecule has 1 aliphatic carbocycles. The van der Waals surface area contributed by atoms with Gasteiger partial charge in [-0.1, -0.05) is 48.6 Å². The molecule has 0 radical (unpaired) electrons. The molecule has 0 N–H and O–H groups in total. The Balaban J connectivity index is 2.34. The monoisotopic (exact) mass is 213 g/mol. The third-order valence-corrected chi connectivity index (χ3v) is 2.79. The molecule has 1 aromatic carbocycles. The van der Waals surface area contributed by atoms with Gasteiger partial charge in [-0.05, 0) is 11.6 Å². The zero-order valence-electron chi connectivity index (χ0n) is 8.81. The predicted octanol–water partition coefficient (Wildman–Crippen LogP) is 3.52. The van der Waals surface area contributed by atoms with Crippen molar-refractivity contribution >= 4 is 0 Å². The molecule has 16 heavy (non-hydrogen) atoms. The summed E-state index contributed by atoms with van der Waals surface area (Å²) in [6, 6.07) is 11.2. The van der Waals surface area contributed by atoms with E-state index >= 15 is 0 Å². The number of alkyl halides is 1. The number of halogens is 1. The maximum Gasteiger partial charge on any atom is 0.152 e. The van der Waals surface area contributed by atoms with Gasteiger partial charge in [0.15, 0.2) is 5.67 Å². The van der Waals surface area contributed by atoms with Crippen LogP contribution < -0.4 is 0 Å². The van der Waals surface area contributed by atoms with Crippen molar-refractivity contribution in [1.82, 2.24) is 0 Å². The standard InChI is InChI=1S/C14H12FN/c15-14(9-5-2-6-10-14)13(11-16)12-7-3-1-4-8-12/h1-9,13H,10H2. The Kier molecular flexibility index (Phi) is 2.87. The van der Waals surface area contributed by atoms with E-state index in [4.69, 9.17) is 5.26 Å². The second kappa shape index (κ2) is 4.32. The van der Waals surface area contributed by atoms with Crippen LogP contribution >= 0.6 is 0 Å². The van der Waals surface area contributed by atoms with Crippen molar-refractivity contribution in [1.29, 1.82) is 5.26 Å². The Morgan fingerprint density at radius 2 is 2.00 bits per heavy atom. The molecule has 0 aromatic heterocycles. The number of nitrogens with zero attached hydrogens (tertiary/aromatic N) is 1. The van der Waals surface area contributed by atoms with Crippen LogP contribution in [0.5, 0.6) is 0 Å². The molecule has 1 aliphatic rings. The highest BCUT2D eigenvalue weighted by atomic mass is 19.1. The first-order valence-corrected chi connectivity index (χ1v) is 5.24. The molecule has 0 bridgehead atoms. The van der Waals surface area contributed by atoms with Gasteiger partial charge < -0.3 is 0 Å². The molecule has 2 atom stereocenters. The SMILES string of the molecule is N#CC(c1ccccc1)C1(F)C=CC=CC1. The van der Waals surface area contributed by atoms with Crippen LogP contribution in [0.2, 0.25) is 0 Å². The van der Waals surface area contributed by atoms with Gasteiger partial charge in [-0.3, -0.25) is 0 Å². The topological polar surface area (TPSA) is 23.8 Å². The average Bonchev–Trinajstić information content (AvgIpc) is 2.32. The van der Waals surface area contributed by atoms with Crippen LogP contribution in [0.1, 0.15) is 17.9 Å². The molecular weight excluding hydrogens is 201 g/mol. The summed E-state index contributed by atoms with van der Waals surface area (Å²) in [5.74, 6) is -0.741. The first-order valence-electron chi connectivity index (χ1n) is 5.24. The van der Waals surface area contributed by atoms with Crippen molar-refractivity contribution in [3.8, 4) is 6.07 Å². The fraction of sp³-hybridized carbons (Fsp3) is 0.214. The van der Waals surface area contributed by atoms with E-state index < -0.39 is 11.6 Å². The third kappa shape index (κ3) is 1.90. The van der Waals surface area contributed by atoms with E-state index in [-0.39, 0.29) is 6.42 Å². The molecule has 80 valence electrons. The summed E-state index contributed by atoms with van der Waals surface area (Å²) in [5.41, 5.74) is -0.849. The predicted molar refractivity (Wildman–Crippen MR) is 61.5 cm³/mol. The Morgan fingerprint density at radius 1 is 1.25 bits per heavy atom. The van der Waals surface area contributed by atoms with Gasteiger partial charge in [-0.25, -0.2) is 4.39 Å². The van der Waals surface area contributed by atoms with Crippen molar-refractivity contribution in [3.63, 3.8) is 0 Å². The van der Waals surface area contributed by atoms with E-state index in [1.807, 2.05) is 18.2 Å². The van der Waals surface area contributed by atoms with Gasteiger partial charge >= 0.3 is 0 Å². The minimum Gasteiger partial charge on any atom is -0.237 e. The van der Waals surface area contributed by atoms with Crippen molar-refractivity contribution in [2.75, 3.05) is 0 Å². The summed E-state index contributed by atoms with van der Waals surface area (Å²) >= 11 is 0. The average molecular weight is 213 g/mol. The van der Waals surface area contributed by atoms with Gasteiger partial charge in [0.2, 0.25) is 0 Å². The fourth-order valence-electron chi connectivity index (χ4n) is 1.93. The van der Waals surface area contributed by atoms with Crippen LogP contribution in [-0.2, 0) is 0 Å². The lowest BCUT2D eigenvalue weighted by molar-refractivity contribution is 0.211. The summed E-state index contributed by atoms with van der Waals surface area (Å²) in [6.45, 7) is 0. The van der Waals surface area contributed by atoms with Gasteiger partial charge in [0.05, 0.1) is 6.07 Å². The van der Waals surface area contributed by atoms with Crippen molar-refractivity contribution in [2.24, 2.45) is 0 Å². The smallest absolute Gasteiger partial charge is 0.152 e. The van der Waals surface area contributed by atoms with Gasteiger partial charge in [0.25, 0.3) is 0 Å². The maximum atomic E-state index is 14.6. The molecule has 0 fully saturated rings. The van der Waals surface area contributed by atoms with Gasteiger partial charge in [-0.15, -0.1) is 0 Å². The Hall–Kier alpha value is -1.88. The number of hydrogen-bond donors (Lipinski definition) is 0. The first kappa shape index (κ1) is 10.6. The zero-order chi connectivity index (χ0) is 11.4. The molecule has 0 amide bonds. The van der Waals surface area contributed by atoms with Crippen LogP contribution in [0.15, 0.2) is 54.6 Å². The van der Waals surface area contributed by atoms with Gasteiger partial charge in [0.1, 0.15) is 5.92 Å². The van der Waals surface area contributed by atoms with E-state index in [9.17, 15) is 4.39 Å². The molecule has 0 saturated carbocycles. The zero-order valence-corrected chi connectivity index (χ0v) is 8.81. The lowest BCUT2D eigenvalue weighted by Gasteiger charge is -2.27. The lowest BCUT2D eigenvalue weighted by Crippen LogP contribution is -2.28. The molecule has 1 aromatic rings. The second-order valence-electron chi connectivity index (χ2n) is 3.89. The van der Waals surface area contributed by atoms with Crippen LogP contribution in [-0.4, -0.2) is 5.67 Å². The van der Waals surface area contributed by atoms with Crippen molar-refractivity contribution in [2.45, 2.75) is 18.0 Å². The van der Waals surface area contributed by atoms with Crippen molar-refractivity contribution < 1.29 is 4.39 Å². The van der Waals surface area contributed by atoms with E-state index in [0.717, 1.165) is 5.56 Å². The molecule has 2 unspecified atom stereocenters. The minimum absolute atomic E-state index is 0.261. The lowest BCUT2D eigenvalue weighted by atomic mass is 9.80. The summed E-state index contributed by atoms with van der Waals surface area (Å²) in [4.78, 5) is 0. The van der Waals surface area contributed by atoms with E-state index in [2.05, 4.69) is 6.07 Å². The largest absolute Gasteiger partial charge is 0.237 e. The highest BCUT2D eigenvalue weighted by molar-refractivity contribution is 5.35. The maximum absolute atomic E-state index is 14.6. The number of benzene rings is 1. The number of nitriles is 1. The summed E-state index contributed by atoms with van der Waals surface area (Å²) in [6.07, 6.45) is 6.96. The molecule has 2 rings (SSSR count). The highest BCUT2D eigenvalue weighted by Crippen LogP contribution is 2.37. The first-order chi connectivity index (χ1) is 7.76. The quantitative estimate of drug-likeness (QED) is 0.737. The minimum atomic E-state index is -1.58. The van der Waals surface area contributed by atoms with Gasteiger partial charge in [-0.2, -0.15) is 5.26 Å². The normalized spacial score (nSPS) is 25.0. The van der Waals surface area contributed by atoms with E-state index in [1.54, 1.807) is 30.4 Å². The van der Waals surface area contributed by atoms with Crippen molar-refractivity contribution in [3.05, 3.63) is 60.2 Å². The fourth-order valence-corrected chi connectivity index (χ4v) is 1.93. The Labute approximate surface area is 94.5 Å². The molecule has 1 nitrogen and oxygen atoms in total. The number of allylic oxidation sites excluding steroid dienone is 4. The third-order valence-electron chi connectivity index (χ3n) is 2.79. The van der Waals surface area contributed by atoms with Crippen LogP contribution in [0.3, 0.4) is 0 Å². The summed E-state index contributed by atoms with van der Waals surface area (Å²) < 4.78 is 14.6. The molecular formula is C14H12FN. The molecule has 2 heteroatoms. The number of hydrogen-bond acceptors (Lipinski definition) is 1. The summed E-state index contributed by atoms with van der Waals surface area (Å²) in [7, 11) is 0. The molecule has 0 spiro atoms. The summed E-state index contributed by atoms with van der Waals surface area (Å²) in [5, 5.41) is 9.15. The molecule has 0 heterocycles. The molecule has 0 saturated heterocycles. The van der Waals surface area contributed by atoms with Crippen LogP contribution in [0.4, 0.5) is 4.39 Å². The Morgan fingerprint density at radius 3 is 2.56 bits per heavy atom.